The van der Waals surface area contributed by atoms with Gasteiger partial charge in [-0.3, -0.25) is 13.9 Å². The molecule has 0 amide bonds. The van der Waals surface area contributed by atoms with Crippen LogP contribution < -0.4 is 16.6 Å². The number of nitrogens with one attached hydrogen (secondary N) is 1. The van der Waals surface area contributed by atoms with E-state index in [-0.39, 0.29) is 12.1 Å². The first-order valence-electron chi connectivity index (χ1n) is 9.73. The van der Waals surface area contributed by atoms with Crippen molar-refractivity contribution in [3.63, 3.8) is 0 Å². The Morgan fingerprint density at radius 3 is 2.59 bits per heavy atom. The van der Waals surface area contributed by atoms with Gasteiger partial charge in [-0.1, -0.05) is 0 Å². The van der Waals surface area contributed by atoms with Crippen molar-refractivity contribution >= 4 is 21.6 Å². The van der Waals surface area contributed by atoms with Crippen LogP contribution in [0.3, 0.4) is 0 Å². The van der Waals surface area contributed by atoms with Gasteiger partial charge in [-0.05, 0) is 39.2 Å². The van der Waals surface area contributed by atoms with Gasteiger partial charge in [-0.2, -0.15) is 13.2 Å². The van der Waals surface area contributed by atoms with Crippen LogP contribution in [0.1, 0.15) is 43.6 Å². The molecule has 0 spiro atoms. The van der Waals surface area contributed by atoms with Crippen LogP contribution in [0, 0.1) is 6.92 Å². The van der Waals surface area contributed by atoms with Gasteiger partial charge >= 0.3 is 11.9 Å². The van der Waals surface area contributed by atoms with Gasteiger partial charge in [-0.15, -0.1) is 11.3 Å². The van der Waals surface area contributed by atoms with Gasteiger partial charge in [0.15, 0.2) is 0 Å². The van der Waals surface area contributed by atoms with Crippen molar-refractivity contribution in [2.45, 2.75) is 71.4 Å². The summed E-state index contributed by atoms with van der Waals surface area (Å²) in [4.78, 5) is 26.6. The summed E-state index contributed by atoms with van der Waals surface area (Å²) in [6.07, 6.45) is -3.53. The third-order valence-corrected chi connectivity index (χ3v) is 6.73. The summed E-state index contributed by atoms with van der Waals surface area (Å²) in [6, 6.07) is 0. The molecule has 0 radical (unpaired) electrons. The molecule has 0 aromatic carbocycles. The van der Waals surface area contributed by atoms with Crippen LogP contribution in [0.5, 0.6) is 0 Å². The fourth-order valence-electron chi connectivity index (χ4n) is 3.74. The Balaban J connectivity index is 1.96. The van der Waals surface area contributed by atoms with E-state index >= 15 is 0 Å². The van der Waals surface area contributed by atoms with Gasteiger partial charge in [0.2, 0.25) is 0 Å². The van der Waals surface area contributed by atoms with Crippen molar-refractivity contribution in [2.24, 2.45) is 0 Å². The Morgan fingerprint density at radius 1 is 1.28 bits per heavy atom. The number of rotatable bonds is 7. The Morgan fingerprint density at radius 2 is 2.00 bits per heavy atom. The van der Waals surface area contributed by atoms with E-state index < -0.39 is 30.4 Å². The van der Waals surface area contributed by atoms with Gasteiger partial charge in [0.25, 0.3) is 5.56 Å². The van der Waals surface area contributed by atoms with E-state index in [9.17, 15) is 22.8 Å². The minimum atomic E-state index is -4.38. The van der Waals surface area contributed by atoms with Crippen LogP contribution in [-0.2, 0) is 24.4 Å². The van der Waals surface area contributed by atoms with Gasteiger partial charge in [-0.25, -0.2) is 4.79 Å². The number of fused-ring (bicyclic) bond motifs is 1. The molecule has 1 unspecified atom stereocenters. The molecule has 1 aliphatic rings. The lowest BCUT2D eigenvalue weighted by molar-refractivity contribution is -0.136. The van der Waals surface area contributed by atoms with E-state index in [2.05, 4.69) is 5.32 Å². The van der Waals surface area contributed by atoms with Crippen molar-refractivity contribution in [3.8, 4) is 0 Å². The van der Waals surface area contributed by atoms with Crippen LogP contribution in [0.4, 0.5) is 13.2 Å². The van der Waals surface area contributed by atoms with Crippen LogP contribution in [0.15, 0.2) is 9.59 Å². The Kier molecular flexibility index (Phi) is 6.26. The maximum Gasteiger partial charge on any atom is 0.390 e. The number of hydrogen-bond acceptors (Lipinski definition) is 5. The third kappa shape index (κ3) is 4.59. The normalized spacial score (nSPS) is 20.1. The molecule has 1 saturated heterocycles. The molecule has 3 rings (SSSR count). The number of thiophene rings is 1. The highest BCUT2D eigenvalue weighted by Crippen LogP contribution is 2.30. The van der Waals surface area contributed by atoms with E-state index in [0.717, 1.165) is 33.5 Å². The largest absolute Gasteiger partial charge is 0.390 e. The summed E-state index contributed by atoms with van der Waals surface area (Å²) in [5.41, 5.74) is -0.652. The molecule has 162 valence electrons. The number of hydrogen-bond donors (Lipinski definition) is 1. The molecule has 6 nitrogen and oxygen atoms in total. The predicted molar refractivity (Wildman–Crippen MR) is 107 cm³/mol. The second-order valence-corrected chi connectivity index (χ2v) is 8.77. The zero-order valence-corrected chi connectivity index (χ0v) is 17.6. The Bertz CT molecular complexity index is 1000. The molecule has 0 bridgehead atoms. The fraction of sp³-hybridized carbons (Fsp3) is 0.684. The molecular weight excluding hydrogens is 407 g/mol. The van der Waals surface area contributed by atoms with Crippen molar-refractivity contribution in [3.05, 3.63) is 31.3 Å². The summed E-state index contributed by atoms with van der Waals surface area (Å²) < 4.78 is 46.2. The maximum atomic E-state index is 12.8. The molecule has 2 aromatic rings. The highest BCUT2D eigenvalue weighted by atomic mass is 32.1. The quantitative estimate of drug-likeness (QED) is 0.729. The standard InChI is InChI=1S/C19H26F3N3O3S/c1-4-24-15(26)14-12(2)13(10-23-11-18(3)6-5-9-28-18)29-16(14)25(17(24)27)8-7-19(20,21)22/h23H,4-11H2,1-3H3. The van der Waals surface area contributed by atoms with Crippen molar-refractivity contribution in [1.29, 1.82) is 0 Å². The van der Waals surface area contributed by atoms with E-state index in [1.165, 1.54) is 11.3 Å². The smallest absolute Gasteiger partial charge is 0.374 e. The van der Waals surface area contributed by atoms with Crippen molar-refractivity contribution in [2.75, 3.05) is 13.2 Å². The Labute approximate surface area is 170 Å². The van der Waals surface area contributed by atoms with Crippen LogP contribution in [0.25, 0.3) is 10.2 Å². The lowest BCUT2D eigenvalue weighted by Crippen LogP contribution is -2.39. The van der Waals surface area contributed by atoms with E-state index in [1.54, 1.807) is 13.8 Å². The second kappa shape index (κ2) is 8.23. The number of halogens is 3. The number of aromatic nitrogens is 2. The van der Waals surface area contributed by atoms with Gasteiger partial charge in [0.05, 0.1) is 17.4 Å². The molecule has 29 heavy (non-hydrogen) atoms. The first kappa shape index (κ1) is 22.0. The number of nitrogens with zero attached hydrogens (tertiary/aromatic N) is 2. The predicted octanol–water partition coefficient (Wildman–Crippen LogP) is 3.16. The zero-order chi connectivity index (χ0) is 21.4. The third-order valence-electron chi connectivity index (χ3n) is 5.41. The molecule has 3 heterocycles. The summed E-state index contributed by atoms with van der Waals surface area (Å²) in [5.74, 6) is 0. The van der Waals surface area contributed by atoms with Crippen LogP contribution in [0.2, 0.25) is 0 Å². The first-order chi connectivity index (χ1) is 13.6. The molecule has 1 atom stereocenters. The number of ether oxygens (including phenoxy) is 1. The molecule has 1 N–H and O–H groups in total. The average Bonchev–Trinajstić information content (AvgIpc) is 3.19. The summed E-state index contributed by atoms with van der Waals surface area (Å²) >= 11 is 1.21. The number of alkyl halides is 3. The first-order valence-corrected chi connectivity index (χ1v) is 10.5. The Hall–Kier alpha value is -1.65. The maximum absolute atomic E-state index is 12.8. The average molecular weight is 433 g/mol. The monoisotopic (exact) mass is 433 g/mol. The van der Waals surface area contributed by atoms with E-state index in [1.807, 2.05) is 6.92 Å². The summed E-state index contributed by atoms with van der Waals surface area (Å²) in [7, 11) is 0. The molecule has 2 aromatic heterocycles. The van der Waals surface area contributed by atoms with Crippen molar-refractivity contribution in [1.82, 2.24) is 14.5 Å². The lowest BCUT2D eigenvalue weighted by Gasteiger charge is -2.23. The van der Waals surface area contributed by atoms with Crippen LogP contribution >= 0.6 is 11.3 Å². The minimum absolute atomic E-state index is 0.109. The topological polar surface area (TPSA) is 65.3 Å². The second-order valence-electron chi connectivity index (χ2n) is 7.68. The molecule has 1 aliphatic heterocycles. The SMILES string of the molecule is CCn1c(=O)c2c(C)c(CNCC3(C)CCCO3)sc2n(CCC(F)(F)F)c1=O. The summed E-state index contributed by atoms with van der Waals surface area (Å²) in [5, 5.41) is 3.67. The highest BCUT2D eigenvalue weighted by molar-refractivity contribution is 7.18. The highest BCUT2D eigenvalue weighted by Gasteiger charge is 2.30. The van der Waals surface area contributed by atoms with Gasteiger partial charge in [0.1, 0.15) is 4.83 Å². The zero-order valence-electron chi connectivity index (χ0n) is 16.8. The van der Waals surface area contributed by atoms with Crippen molar-refractivity contribution < 1.29 is 17.9 Å². The molecule has 0 aliphatic carbocycles. The minimum Gasteiger partial charge on any atom is -0.374 e. The lowest BCUT2D eigenvalue weighted by atomic mass is 10.0. The summed E-state index contributed by atoms with van der Waals surface area (Å²) in [6.45, 7) is 6.90. The molecule has 10 heteroatoms. The van der Waals surface area contributed by atoms with Gasteiger partial charge < -0.3 is 10.1 Å². The van der Waals surface area contributed by atoms with E-state index in [0.29, 0.717) is 28.9 Å². The van der Waals surface area contributed by atoms with Gasteiger partial charge in [0, 0.05) is 37.7 Å². The molecule has 1 fully saturated rings. The molecule has 0 saturated carbocycles. The fourth-order valence-corrected chi connectivity index (χ4v) is 5.03. The van der Waals surface area contributed by atoms with E-state index in [4.69, 9.17) is 4.74 Å². The van der Waals surface area contributed by atoms with Crippen LogP contribution in [-0.4, -0.2) is 34.1 Å². The number of aryl methyl sites for hydroxylation is 2. The molecular formula is C19H26F3N3O3S.